The van der Waals surface area contributed by atoms with Crippen molar-refractivity contribution in [3.63, 3.8) is 0 Å². The van der Waals surface area contributed by atoms with Gasteiger partial charge in [-0.25, -0.2) is 0 Å². The number of nitrogens with one attached hydrogen (secondary N) is 1. The Morgan fingerprint density at radius 3 is 2.23 bits per heavy atom. The molecule has 2 saturated heterocycles. The summed E-state index contributed by atoms with van der Waals surface area (Å²) in [6, 6.07) is 0. The summed E-state index contributed by atoms with van der Waals surface area (Å²) in [6.45, 7) is 7.31. The summed E-state index contributed by atoms with van der Waals surface area (Å²) in [7, 11) is 0. The van der Waals surface area contributed by atoms with E-state index in [9.17, 15) is 0 Å². The molecule has 2 fully saturated rings. The Kier molecular flexibility index (Phi) is 4.74. The highest BCUT2D eigenvalue weighted by molar-refractivity contribution is 4.87. The smallest absolute Gasteiger partial charge is 0.0706 e. The molecular formula is C11H23NO. The minimum atomic E-state index is 0.295. The Morgan fingerprint density at radius 2 is 1.69 bits per heavy atom. The molecule has 0 atom stereocenters. The molecule has 0 amide bonds. The maximum absolute atomic E-state index is 5.87. The zero-order valence-corrected chi connectivity index (χ0v) is 9.07. The highest BCUT2D eigenvalue weighted by atomic mass is 16.5. The standard InChI is InChI=1S/C9H17NO.C2H6/c1-2-8-11-9(3-1)4-6-10-7-5-9;1-2/h10H,1-8H2;1-2H3. The second-order valence-electron chi connectivity index (χ2n) is 3.74. The molecule has 1 N–H and O–H groups in total. The maximum Gasteiger partial charge on any atom is 0.0706 e. The fraction of sp³-hybridized carbons (Fsp3) is 1.00. The summed E-state index contributed by atoms with van der Waals surface area (Å²) < 4.78 is 5.87. The first-order chi connectivity index (χ1) is 6.41. The van der Waals surface area contributed by atoms with E-state index in [0.29, 0.717) is 5.60 Å². The van der Waals surface area contributed by atoms with Crippen molar-refractivity contribution in [1.82, 2.24) is 5.32 Å². The molecule has 2 rings (SSSR count). The summed E-state index contributed by atoms with van der Waals surface area (Å²) in [4.78, 5) is 0. The van der Waals surface area contributed by atoms with Crippen LogP contribution in [-0.2, 0) is 4.74 Å². The van der Waals surface area contributed by atoms with Gasteiger partial charge in [0.05, 0.1) is 5.60 Å². The molecule has 0 aromatic heterocycles. The van der Waals surface area contributed by atoms with Crippen LogP contribution in [0.3, 0.4) is 0 Å². The molecule has 2 nitrogen and oxygen atoms in total. The van der Waals surface area contributed by atoms with Gasteiger partial charge in [-0.2, -0.15) is 0 Å². The van der Waals surface area contributed by atoms with Crippen LogP contribution < -0.4 is 5.32 Å². The van der Waals surface area contributed by atoms with E-state index >= 15 is 0 Å². The molecule has 0 unspecified atom stereocenters. The zero-order chi connectivity index (χ0) is 9.57. The fourth-order valence-electron chi connectivity index (χ4n) is 2.19. The molecule has 78 valence electrons. The number of hydrogen-bond acceptors (Lipinski definition) is 2. The van der Waals surface area contributed by atoms with Crippen LogP contribution in [0.4, 0.5) is 0 Å². The SMILES string of the molecule is C1CCC2(CCNCC2)OC1.CC. The van der Waals surface area contributed by atoms with E-state index in [1.54, 1.807) is 0 Å². The molecule has 0 aromatic carbocycles. The van der Waals surface area contributed by atoms with E-state index in [1.807, 2.05) is 13.8 Å². The minimum Gasteiger partial charge on any atom is -0.375 e. The first kappa shape index (κ1) is 11.0. The van der Waals surface area contributed by atoms with Crippen LogP contribution in [0.25, 0.3) is 0 Å². The number of rotatable bonds is 0. The topological polar surface area (TPSA) is 21.3 Å². The second kappa shape index (κ2) is 5.61. The van der Waals surface area contributed by atoms with E-state index in [1.165, 1.54) is 32.1 Å². The van der Waals surface area contributed by atoms with Gasteiger partial charge < -0.3 is 10.1 Å². The normalized spacial score (nSPS) is 26.3. The van der Waals surface area contributed by atoms with Crippen LogP contribution in [0, 0.1) is 0 Å². The average molecular weight is 185 g/mol. The predicted molar refractivity (Wildman–Crippen MR) is 56.0 cm³/mol. The molecule has 2 aliphatic heterocycles. The summed E-state index contributed by atoms with van der Waals surface area (Å²) in [5, 5.41) is 3.38. The highest BCUT2D eigenvalue weighted by Gasteiger charge is 2.34. The minimum absolute atomic E-state index is 0.295. The van der Waals surface area contributed by atoms with Gasteiger partial charge in [-0.05, 0) is 45.2 Å². The van der Waals surface area contributed by atoms with Crippen LogP contribution in [-0.4, -0.2) is 25.3 Å². The van der Waals surface area contributed by atoms with Crippen LogP contribution in [0.5, 0.6) is 0 Å². The van der Waals surface area contributed by atoms with Gasteiger partial charge in [0.15, 0.2) is 0 Å². The van der Waals surface area contributed by atoms with Crippen LogP contribution in [0.2, 0.25) is 0 Å². The summed E-state index contributed by atoms with van der Waals surface area (Å²) >= 11 is 0. The first-order valence-corrected chi connectivity index (χ1v) is 5.76. The largest absolute Gasteiger partial charge is 0.375 e. The molecule has 13 heavy (non-hydrogen) atoms. The van der Waals surface area contributed by atoms with Gasteiger partial charge in [0.25, 0.3) is 0 Å². The monoisotopic (exact) mass is 185 g/mol. The van der Waals surface area contributed by atoms with Crippen LogP contribution >= 0.6 is 0 Å². The lowest BCUT2D eigenvalue weighted by Crippen LogP contribution is -2.45. The van der Waals surface area contributed by atoms with E-state index in [0.717, 1.165) is 19.7 Å². The number of hydrogen-bond donors (Lipinski definition) is 1. The van der Waals surface area contributed by atoms with Gasteiger partial charge in [-0.15, -0.1) is 0 Å². The highest BCUT2D eigenvalue weighted by Crippen LogP contribution is 2.32. The van der Waals surface area contributed by atoms with Crippen LogP contribution in [0.15, 0.2) is 0 Å². The van der Waals surface area contributed by atoms with E-state index in [4.69, 9.17) is 4.74 Å². The van der Waals surface area contributed by atoms with Gasteiger partial charge in [-0.1, -0.05) is 13.8 Å². The Hall–Kier alpha value is -0.0800. The van der Waals surface area contributed by atoms with Crippen molar-refractivity contribution in [2.75, 3.05) is 19.7 Å². The lowest BCUT2D eigenvalue weighted by atomic mass is 9.85. The predicted octanol–water partition coefficient (Wildman–Crippen LogP) is 2.34. The van der Waals surface area contributed by atoms with Crippen molar-refractivity contribution in [2.45, 2.75) is 51.6 Å². The lowest BCUT2D eigenvalue weighted by molar-refractivity contribution is -0.0952. The third-order valence-electron chi connectivity index (χ3n) is 2.95. The third-order valence-corrected chi connectivity index (χ3v) is 2.95. The molecule has 0 bridgehead atoms. The molecule has 0 aromatic rings. The molecule has 2 heteroatoms. The Bertz CT molecular complexity index is 105. The lowest BCUT2D eigenvalue weighted by Gasteiger charge is -2.40. The summed E-state index contributed by atoms with van der Waals surface area (Å²) in [5.41, 5.74) is 0.295. The average Bonchev–Trinajstić information content (AvgIpc) is 2.23. The van der Waals surface area contributed by atoms with Gasteiger partial charge in [0.2, 0.25) is 0 Å². The second-order valence-corrected chi connectivity index (χ2v) is 3.74. The molecule has 0 aliphatic carbocycles. The molecule has 0 radical (unpaired) electrons. The third kappa shape index (κ3) is 2.96. The Balaban J connectivity index is 0.000000396. The van der Waals surface area contributed by atoms with E-state index in [2.05, 4.69) is 5.32 Å². The number of ether oxygens (including phenoxy) is 1. The van der Waals surface area contributed by atoms with Crippen molar-refractivity contribution in [3.05, 3.63) is 0 Å². The van der Waals surface area contributed by atoms with Gasteiger partial charge in [0, 0.05) is 6.61 Å². The van der Waals surface area contributed by atoms with Crippen molar-refractivity contribution < 1.29 is 4.74 Å². The first-order valence-electron chi connectivity index (χ1n) is 5.76. The molecule has 2 aliphatic rings. The molecule has 1 spiro atoms. The maximum atomic E-state index is 5.87. The van der Waals surface area contributed by atoms with Gasteiger partial charge in [0.1, 0.15) is 0 Å². The molecule has 2 heterocycles. The van der Waals surface area contributed by atoms with E-state index in [-0.39, 0.29) is 0 Å². The van der Waals surface area contributed by atoms with Gasteiger partial charge >= 0.3 is 0 Å². The fourth-order valence-corrected chi connectivity index (χ4v) is 2.19. The van der Waals surface area contributed by atoms with Crippen molar-refractivity contribution >= 4 is 0 Å². The van der Waals surface area contributed by atoms with Crippen molar-refractivity contribution in [3.8, 4) is 0 Å². The zero-order valence-electron chi connectivity index (χ0n) is 9.07. The van der Waals surface area contributed by atoms with E-state index < -0.39 is 0 Å². The Morgan fingerprint density at radius 1 is 1.00 bits per heavy atom. The molecular weight excluding hydrogens is 162 g/mol. The Labute approximate surface area is 82.0 Å². The number of piperidine rings is 1. The van der Waals surface area contributed by atoms with Crippen molar-refractivity contribution in [1.29, 1.82) is 0 Å². The quantitative estimate of drug-likeness (QED) is 0.625. The molecule has 0 saturated carbocycles. The van der Waals surface area contributed by atoms with Crippen LogP contribution in [0.1, 0.15) is 46.0 Å². The summed E-state index contributed by atoms with van der Waals surface area (Å²) in [6.07, 6.45) is 6.41. The van der Waals surface area contributed by atoms with Crippen molar-refractivity contribution in [2.24, 2.45) is 0 Å². The van der Waals surface area contributed by atoms with Gasteiger partial charge in [-0.3, -0.25) is 0 Å². The summed E-state index contributed by atoms with van der Waals surface area (Å²) in [5.74, 6) is 0.